The van der Waals surface area contributed by atoms with Gasteiger partial charge >= 0.3 is 0 Å². The molecule has 7 heteroatoms. The lowest BCUT2D eigenvalue weighted by Crippen LogP contribution is -2.54. The van der Waals surface area contributed by atoms with Gasteiger partial charge in [0.05, 0.1) is 17.5 Å². The standard InChI is InChI=1S/C20H25N3O3.ClH/c1-20(2)13-23(11-10-17(20)21)18(24)14-7-4-5-8-15(14)22(3)19(25)16-9-6-12-26-16;/h4-9,12,17H,10-11,13,21H2,1-3H3;1H. The summed E-state index contributed by atoms with van der Waals surface area (Å²) in [6.45, 7) is 5.37. The van der Waals surface area contributed by atoms with E-state index in [1.54, 1.807) is 31.3 Å². The third-order valence-corrected chi connectivity index (χ3v) is 5.13. The highest BCUT2D eigenvalue weighted by Gasteiger charge is 2.36. The zero-order valence-electron chi connectivity index (χ0n) is 15.8. The second-order valence-corrected chi connectivity index (χ2v) is 7.47. The zero-order valence-corrected chi connectivity index (χ0v) is 16.7. The van der Waals surface area contributed by atoms with Crippen LogP contribution in [0.1, 0.15) is 41.2 Å². The van der Waals surface area contributed by atoms with Gasteiger partial charge in [-0.15, -0.1) is 12.4 Å². The van der Waals surface area contributed by atoms with Crippen LogP contribution >= 0.6 is 12.4 Å². The number of para-hydroxylation sites is 1. The Morgan fingerprint density at radius 3 is 2.56 bits per heavy atom. The number of hydrogen-bond acceptors (Lipinski definition) is 4. The molecular formula is C20H26ClN3O3. The summed E-state index contributed by atoms with van der Waals surface area (Å²) in [4.78, 5) is 29.0. The molecule has 6 nitrogen and oxygen atoms in total. The summed E-state index contributed by atoms with van der Waals surface area (Å²) in [6, 6.07) is 10.5. The molecule has 1 aliphatic heterocycles. The monoisotopic (exact) mass is 391 g/mol. The molecule has 2 aromatic rings. The summed E-state index contributed by atoms with van der Waals surface area (Å²) < 4.78 is 5.19. The number of carbonyl (C=O) groups excluding carboxylic acids is 2. The zero-order chi connectivity index (χ0) is 18.9. The summed E-state index contributed by atoms with van der Waals surface area (Å²) in [5.74, 6) is -0.143. The van der Waals surface area contributed by atoms with Gasteiger partial charge in [0.2, 0.25) is 0 Å². The Hall–Kier alpha value is -2.31. The third-order valence-electron chi connectivity index (χ3n) is 5.13. The fourth-order valence-electron chi connectivity index (χ4n) is 3.34. The number of anilines is 1. The predicted octanol–water partition coefficient (Wildman–Crippen LogP) is 3.18. The summed E-state index contributed by atoms with van der Waals surface area (Å²) in [5.41, 5.74) is 7.11. The van der Waals surface area contributed by atoms with E-state index >= 15 is 0 Å². The van der Waals surface area contributed by atoms with Crippen LogP contribution in [0.15, 0.2) is 47.1 Å². The van der Waals surface area contributed by atoms with Crippen LogP contribution in [0.4, 0.5) is 5.69 Å². The van der Waals surface area contributed by atoms with Crippen LogP contribution in [0.5, 0.6) is 0 Å². The third kappa shape index (κ3) is 4.17. The molecule has 1 aliphatic rings. The fourth-order valence-corrected chi connectivity index (χ4v) is 3.34. The second-order valence-electron chi connectivity index (χ2n) is 7.47. The molecule has 146 valence electrons. The Bertz CT molecular complexity index is 805. The van der Waals surface area contributed by atoms with E-state index in [0.717, 1.165) is 6.42 Å². The van der Waals surface area contributed by atoms with E-state index in [4.69, 9.17) is 10.2 Å². The van der Waals surface area contributed by atoms with Gasteiger partial charge in [0, 0.05) is 26.2 Å². The van der Waals surface area contributed by atoms with Gasteiger partial charge in [0.25, 0.3) is 11.8 Å². The Balaban J connectivity index is 0.00000261. The van der Waals surface area contributed by atoms with E-state index in [1.165, 1.54) is 11.2 Å². The minimum absolute atomic E-state index is 0. The van der Waals surface area contributed by atoms with Crippen molar-refractivity contribution in [1.29, 1.82) is 0 Å². The largest absolute Gasteiger partial charge is 0.459 e. The normalized spacial score (nSPS) is 18.5. The lowest BCUT2D eigenvalue weighted by Gasteiger charge is -2.42. The van der Waals surface area contributed by atoms with Crippen molar-refractivity contribution >= 4 is 29.9 Å². The molecule has 27 heavy (non-hydrogen) atoms. The van der Waals surface area contributed by atoms with Gasteiger partial charge in [0.1, 0.15) is 0 Å². The van der Waals surface area contributed by atoms with E-state index < -0.39 is 0 Å². The first-order valence-electron chi connectivity index (χ1n) is 8.77. The number of rotatable bonds is 3. The summed E-state index contributed by atoms with van der Waals surface area (Å²) in [6.07, 6.45) is 2.22. The van der Waals surface area contributed by atoms with Crippen molar-refractivity contribution in [2.45, 2.75) is 26.3 Å². The molecule has 3 rings (SSSR count). The van der Waals surface area contributed by atoms with Gasteiger partial charge in [-0.2, -0.15) is 0 Å². The van der Waals surface area contributed by atoms with Crippen LogP contribution in [-0.2, 0) is 0 Å². The Morgan fingerprint density at radius 2 is 1.93 bits per heavy atom. The first-order valence-corrected chi connectivity index (χ1v) is 8.77. The maximum Gasteiger partial charge on any atom is 0.293 e. The molecular weight excluding hydrogens is 366 g/mol. The van der Waals surface area contributed by atoms with Crippen molar-refractivity contribution in [1.82, 2.24) is 4.90 Å². The molecule has 0 aliphatic carbocycles. The lowest BCUT2D eigenvalue weighted by atomic mass is 9.79. The molecule has 1 atom stereocenters. The van der Waals surface area contributed by atoms with Crippen molar-refractivity contribution in [3.63, 3.8) is 0 Å². The predicted molar refractivity (Wildman–Crippen MR) is 107 cm³/mol. The number of halogens is 1. The molecule has 2 amide bonds. The van der Waals surface area contributed by atoms with E-state index in [1.807, 2.05) is 17.0 Å². The Kier molecular flexibility index (Phi) is 6.34. The fraction of sp³-hybridized carbons (Fsp3) is 0.400. The number of benzene rings is 1. The van der Waals surface area contributed by atoms with Crippen molar-refractivity contribution in [3.05, 3.63) is 54.0 Å². The van der Waals surface area contributed by atoms with Crippen LogP contribution in [0.25, 0.3) is 0 Å². The molecule has 1 saturated heterocycles. The highest BCUT2D eigenvalue weighted by molar-refractivity contribution is 6.09. The van der Waals surface area contributed by atoms with Crippen LogP contribution in [0, 0.1) is 5.41 Å². The van der Waals surface area contributed by atoms with Gasteiger partial charge in [-0.25, -0.2) is 0 Å². The molecule has 1 unspecified atom stereocenters. The lowest BCUT2D eigenvalue weighted by molar-refractivity contribution is 0.0533. The minimum atomic E-state index is -0.295. The summed E-state index contributed by atoms with van der Waals surface area (Å²) in [7, 11) is 1.65. The van der Waals surface area contributed by atoms with Crippen LogP contribution in [0.2, 0.25) is 0 Å². The van der Waals surface area contributed by atoms with Gasteiger partial charge in [-0.3, -0.25) is 9.59 Å². The molecule has 1 aromatic heterocycles. The van der Waals surface area contributed by atoms with Crippen molar-refractivity contribution in [2.75, 3.05) is 25.0 Å². The average molecular weight is 392 g/mol. The maximum atomic E-state index is 13.2. The van der Waals surface area contributed by atoms with Crippen molar-refractivity contribution < 1.29 is 14.0 Å². The second kappa shape index (κ2) is 8.15. The molecule has 1 fully saturated rings. The number of nitrogens with two attached hydrogens (primary N) is 1. The Morgan fingerprint density at radius 1 is 1.22 bits per heavy atom. The number of likely N-dealkylation sites (tertiary alicyclic amines) is 1. The van der Waals surface area contributed by atoms with E-state index in [9.17, 15) is 9.59 Å². The van der Waals surface area contributed by atoms with Crippen molar-refractivity contribution in [2.24, 2.45) is 11.1 Å². The first-order chi connectivity index (χ1) is 12.3. The van der Waals surface area contributed by atoms with Gasteiger partial charge < -0.3 is 20.0 Å². The first kappa shape index (κ1) is 21.0. The molecule has 0 spiro atoms. The SMILES string of the molecule is CN(C(=O)c1ccco1)c1ccccc1C(=O)N1CCC(N)C(C)(C)C1.Cl. The van der Waals surface area contributed by atoms with Crippen LogP contribution in [0.3, 0.4) is 0 Å². The Labute approximate surface area is 165 Å². The van der Waals surface area contributed by atoms with E-state index in [2.05, 4.69) is 13.8 Å². The highest BCUT2D eigenvalue weighted by Crippen LogP contribution is 2.30. The van der Waals surface area contributed by atoms with Crippen LogP contribution < -0.4 is 10.6 Å². The number of hydrogen-bond donors (Lipinski definition) is 1. The van der Waals surface area contributed by atoms with E-state index in [-0.39, 0.29) is 41.4 Å². The number of nitrogens with zero attached hydrogens (tertiary/aromatic N) is 2. The summed E-state index contributed by atoms with van der Waals surface area (Å²) >= 11 is 0. The number of carbonyl (C=O) groups is 2. The average Bonchev–Trinajstić information content (AvgIpc) is 3.16. The molecule has 0 bridgehead atoms. The van der Waals surface area contributed by atoms with Crippen molar-refractivity contribution in [3.8, 4) is 0 Å². The summed E-state index contributed by atoms with van der Waals surface area (Å²) in [5, 5.41) is 0. The molecule has 1 aromatic carbocycles. The minimum Gasteiger partial charge on any atom is -0.459 e. The molecule has 0 saturated carbocycles. The molecule has 0 radical (unpaired) electrons. The maximum absolute atomic E-state index is 13.2. The van der Waals surface area contributed by atoms with Gasteiger partial charge in [-0.1, -0.05) is 26.0 Å². The number of amides is 2. The molecule has 2 heterocycles. The van der Waals surface area contributed by atoms with Gasteiger partial charge in [0.15, 0.2) is 5.76 Å². The highest BCUT2D eigenvalue weighted by atomic mass is 35.5. The number of furan rings is 1. The quantitative estimate of drug-likeness (QED) is 0.871. The van der Waals surface area contributed by atoms with Gasteiger partial charge in [-0.05, 0) is 36.1 Å². The number of piperidine rings is 1. The van der Waals surface area contributed by atoms with Crippen LogP contribution in [-0.4, -0.2) is 42.9 Å². The smallest absolute Gasteiger partial charge is 0.293 e. The topological polar surface area (TPSA) is 79.8 Å². The van der Waals surface area contributed by atoms with E-state index in [0.29, 0.717) is 24.3 Å². The molecule has 2 N–H and O–H groups in total.